The van der Waals surface area contributed by atoms with Gasteiger partial charge in [-0.1, -0.05) is 30.3 Å². The summed E-state index contributed by atoms with van der Waals surface area (Å²) >= 11 is 1.37. The van der Waals surface area contributed by atoms with Crippen LogP contribution in [0.4, 0.5) is 0 Å². The molecule has 2 rings (SSSR count). The number of esters is 1. The summed E-state index contributed by atoms with van der Waals surface area (Å²) in [6.45, 7) is 2.26. The summed E-state index contributed by atoms with van der Waals surface area (Å²) in [5.41, 5.74) is 1.72. The highest BCUT2D eigenvalue weighted by molar-refractivity contribution is 7.17. The van der Waals surface area contributed by atoms with Crippen LogP contribution in [0.15, 0.2) is 30.3 Å². The molecular weight excluding hydrogens is 300 g/mol. The molecule has 6 heteroatoms. The first-order valence-electron chi connectivity index (χ1n) is 6.99. The van der Waals surface area contributed by atoms with Crippen molar-refractivity contribution < 1.29 is 14.3 Å². The summed E-state index contributed by atoms with van der Waals surface area (Å²) in [4.78, 5) is 28.2. The smallest absolute Gasteiger partial charge is 0.305 e. The van der Waals surface area contributed by atoms with Gasteiger partial charge in [0.05, 0.1) is 12.8 Å². The number of aryl methyl sites for hydroxylation is 1. The quantitative estimate of drug-likeness (QED) is 0.657. The van der Waals surface area contributed by atoms with Gasteiger partial charge < -0.3 is 10.1 Å². The number of hydrogen-bond acceptors (Lipinski definition) is 5. The molecule has 0 radical (unpaired) electrons. The second kappa shape index (κ2) is 7.70. The number of amides is 1. The Kier molecular flexibility index (Phi) is 5.66. The van der Waals surface area contributed by atoms with Crippen molar-refractivity contribution in [2.24, 2.45) is 0 Å². The number of thiazole rings is 1. The lowest BCUT2D eigenvalue weighted by Crippen LogP contribution is -2.24. The summed E-state index contributed by atoms with van der Waals surface area (Å²) in [5.74, 6) is -0.420. The second-order valence-electron chi connectivity index (χ2n) is 4.74. The predicted molar refractivity (Wildman–Crippen MR) is 85.9 cm³/mol. The number of benzene rings is 1. The van der Waals surface area contributed by atoms with Crippen LogP contribution in [0.1, 0.15) is 28.2 Å². The van der Waals surface area contributed by atoms with Gasteiger partial charge >= 0.3 is 5.97 Å². The van der Waals surface area contributed by atoms with E-state index in [1.807, 2.05) is 37.3 Å². The van der Waals surface area contributed by atoms with Crippen LogP contribution in [0, 0.1) is 6.92 Å². The molecule has 1 aromatic heterocycles. The number of methoxy groups -OCH3 is 1. The van der Waals surface area contributed by atoms with E-state index in [9.17, 15) is 9.59 Å². The van der Waals surface area contributed by atoms with Gasteiger partial charge in [-0.15, -0.1) is 11.3 Å². The fourth-order valence-electron chi connectivity index (χ4n) is 1.93. The zero-order chi connectivity index (χ0) is 15.9. The first-order chi connectivity index (χ1) is 10.6. The van der Waals surface area contributed by atoms with Crippen molar-refractivity contribution in [3.8, 4) is 10.6 Å². The van der Waals surface area contributed by atoms with Crippen LogP contribution in [-0.2, 0) is 9.53 Å². The largest absolute Gasteiger partial charge is 0.469 e. The Bertz CT molecular complexity index is 653. The maximum atomic E-state index is 12.2. The average molecular weight is 318 g/mol. The van der Waals surface area contributed by atoms with Crippen LogP contribution < -0.4 is 5.32 Å². The zero-order valence-corrected chi connectivity index (χ0v) is 13.4. The minimum absolute atomic E-state index is 0.151. The minimum atomic E-state index is -0.269. The van der Waals surface area contributed by atoms with Crippen molar-refractivity contribution in [2.45, 2.75) is 19.8 Å². The predicted octanol–water partition coefficient (Wildman–Crippen LogP) is 2.80. The lowest BCUT2D eigenvalue weighted by atomic mass is 10.2. The molecule has 2 aromatic rings. The van der Waals surface area contributed by atoms with Crippen LogP contribution in [0.2, 0.25) is 0 Å². The lowest BCUT2D eigenvalue weighted by Gasteiger charge is -2.03. The molecule has 0 saturated carbocycles. The van der Waals surface area contributed by atoms with Gasteiger partial charge in [0, 0.05) is 18.5 Å². The molecule has 1 heterocycles. The summed E-state index contributed by atoms with van der Waals surface area (Å²) in [6, 6.07) is 9.77. The van der Waals surface area contributed by atoms with E-state index in [1.54, 1.807) is 0 Å². The third kappa shape index (κ3) is 4.14. The molecule has 0 fully saturated rings. The molecule has 22 heavy (non-hydrogen) atoms. The highest BCUT2D eigenvalue weighted by atomic mass is 32.1. The lowest BCUT2D eigenvalue weighted by molar-refractivity contribution is -0.140. The normalized spacial score (nSPS) is 10.3. The van der Waals surface area contributed by atoms with Crippen molar-refractivity contribution in [2.75, 3.05) is 13.7 Å². The van der Waals surface area contributed by atoms with Gasteiger partial charge in [-0.3, -0.25) is 9.59 Å². The molecule has 0 saturated heterocycles. The average Bonchev–Trinajstić information content (AvgIpc) is 2.94. The summed E-state index contributed by atoms with van der Waals surface area (Å²) in [7, 11) is 1.35. The van der Waals surface area contributed by atoms with Gasteiger partial charge in [0.25, 0.3) is 5.91 Å². The molecule has 116 valence electrons. The number of carbonyl (C=O) groups excluding carboxylic acids is 2. The molecule has 0 spiro atoms. The number of ether oxygens (including phenoxy) is 1. The van der Waals surface area contributed by atoms with Gasteiger partial charge in [0.15, 0.2) is 0 Å². The van der Waals surface area contributed by atoms with E-state index in [1.165, 1.54) is 18.4 Å². The number of carbonyl (C=O) groups is 2. The van der Waals surface area contributed by atoms with Gasteiger partial charge in [-0.25, -0.2) is 4.98 Å². The number of nitrogens with one attached hydrogen (secondary N) is 1. The van der Waals surface area contributed by atoms with Crippen LogP contribution in [0.5, 0.6) is 0 Å². The highest BCUT2D eigenvalue weighted by Gasteiger charge is 2.15. The van der Waals surface area contributed by atoms with E-state index in [-0.39, 0.29) is 11.9 Å². The molecule has 0 unspecified atom stereocenters. The molecule has 1 N–H and O–H groups in total. The van der Waals surface area contributed by atoms with Gasteiger partial charge in [-0.2, -0.15) is 0 Å². The molecule has 0 aliphatic carbocycles. The van der Waals surface area contributed by atoms with E-state index in [0.717, 1.165) is 10.6 Å². The number of rotatable bonds is 6. The van der Waals surface area contributed by atoms with Crippen molar-refractivity contribution in [3.05, 3.63) is 40.9 Å². The van der Waals surface area contributed by atoms with Crippen LogP contribution in [0.25, 0.3) is 10.6 Å². The van der Waals surface area contributed by atoms with E-state index >= 15 is 0 Å². The molecule has 0 bridgehead atoms. The van der Waals surface area contributed by atoms with Crippen LogP contribution in [0.3, 0.4) is 0 Å². The van der Waals surface area contributed by atoms with Gasteiger partial charge in [0.1, 0.15) is 9.88 Å². The molecule has 1 amide bonds. The van der Waals surface area contributed by atoms with Crippen LogP contribution in [-0.4, -0.2) is 30.5 Å². The van der Waals surface area contributed by atoms with E-state index in [4.69, 9.17) is 0 Å². The Balaban J connectivity index is 1.96. The standard InChI is InChI=1S/C16H18N2O3S/c1-11-14(15(20)17-10-6-9-13(19)21-2)22-16(18-11)12-7-4-3-5-8-12/h3-5,7-8H,6,9-10H2,1-2H3,(H,17,20). The fourth-order valence-corrected chi connectivity index (χ4v) is 2.92. The Hall–Kier alpha value is -2.21. The van der Waals surface area contributed by atoms with E-state index in [2.05, 4.69) is 15.0 Å². The first-order valence-corrected chi connectivity index (χ1v) is 7.81. The summed E-state index contributed by atoms with van der Waals surface area (Å²) < 4.78 is 4.55. The highest BCUT2D eigenvalue weighted by Crippen LogP contribution is 2.27. The topological polar surface area (TPSA) is 68.3 Å². The monoisotopic (exact) mass is 318 g/mol. The first kappa shape index (κ1) is 16.2. The summed E-state index contributed by atoms with van der Waals surface area (Å²) in [5, 5.41) is 3.64. The molecule has 1 aromatic carbocycles. The van der Waals surface area contributed by atoms with Crippen molar-refractivity contribution in [1.82, 2.24) is 10.3 Å². The molecule has 0 atom stereocenters. The number of aromatic nitrogens is 1. The van der Waals surface area contributed by atoms with Gasteiger partial charge in [0.2, 0.25) is 0 Å². The van der Waals surface area contributed by atoms with Crippen molar-refractivity contribution >= 4 is 23.2 Å². The van der Waals surface area contributed by atoms with E-state index in [0.29, 0.717) is 30.0 Å². The van der Waals surface area contributed by atoms with Crippen molar-refractivity contribution in [1.29, 1.82) is 0 Å². The Morgan fingerprint density at radius 2 is 2.00 bits per heavy atom. The SMILES string of the molecule is COC(=O)CCCNC(=O)c1sc(-c2ccccc2)nc1C. The molecule has 5 nitrogen and oxygen atoms in total. The van der Waals surface area contributed by atoms with Crippen molar-refractivity contribution in [3.63, 3.8) is 0 Å². The Morgan fingerprint density at radius 1 is 1.27 bits per heavy atom. The maximum Gasteiger partial charge on any atom is 0.305 e. The molecule has 0 aliphatic heterocycles. The Labute approximate surface area is 133 Å². The Morgan fingerprint density at radius 3 is 2.68 bits per heavy atom. The number of hydrogen-bond donors (Lipinski definition) is 1. The number of nitrogens with zero attached hydrogens (tertiary/aromatic N) is 1. The maximum absolute atomic E-state index is 12.2. The molecule has 0 aliphatic rings. The van der Waals surface area contributed by atoms with Crippen LogP contribution >= 0.6 is 11.3 Å². The third-order valence-corrected chi connectivity index (χ3v) is 4.30. The fraction of sp³-hybridized carbons (Fsp3) is 0.312. The van der Waals surface area contributed by atoms with E-state index < -0.39 is 0 Å². The molecular formula is C16H18N2O3S. The second-order valence-corrected chi connectivity index (χ2v) is 5.73. The third-order valence-electron chi connectivity index (χ3n) is 3.09. The minimum Gasteiger partial charge on any atom is -0.469 e. The summed E-state index contributed by atoms with van der Waals surface area (Å²) in [6.07, 6.45) is 0.857. The zero-order valence-electron chi connectivity index (χ0n) is 12.6. The van der Waals surface area contributed by atoms with Gasteiger partial charge in [-0.05, 0) is 13.3 Å².